The predicted molar refractivity (Wildman–Crippen MR) is 69.6 cm³/mol. The van der Waals surface area contributed by atoms with Gasteiger partial charge in [-0.3, -0.25) is 4.68 Å². The molecule has 2 aromatic rings. The topological polar surface area (TPSA) is 80.0 Å². The lowest BCUT2D eigenvalue weighted by Crippen LogP contribution is -2.11. The number of rotatable bonds is 5. The molecule has 0 aliphatic heterocycles. The Hall–Kier alpha value is -1.89. The molecular formula is C11H11BrN4O2. The number of carbonyl (C=O) groups is 1. The molecule has 1 aromatic heterocycles. The van der Waals surface area contributed by atoms with Crippen molar-refractivity contribution in [2.24, 2.45) is 0 Å². The highest BCUT2D eigenvalue weighted by atomic mass is 79.9. The zero-order valence-electron chi connectivity index (χ0n) is 9.38. The van der Waals surface area contributed by atoms with E-state index in [-0.39, 0.29) is 5.56 Å². The second kappa shape index (κ2) is 5.63. The van der Waals surface area contributed by atoms with Crippen LogP contribution in [0.1, 0.15) is 10.4 Å². The minimum absolute atomic E-state index is 0.253. The number of halogens is 1. The first-order valence-corrected chi connectivity index (χ1v) is 6.07. The van der Waals surface area contributed by atoms with Crippen LogP contribution in [0.5, 0.6) is 0 Å². The highest BCUT2D eigenvalue weighted by Gasteiger charge is 2.06. The van der Waals surface area contributed by atoms with Gasteiger partial charge in [0.2, 0.25) is 0 Å². The lowest BCUT2D eigenvalue weighted by molar-refractivity contribution is 0.0697. The Labute approximate surface area is 112 Å². The molecule has 2 rings (SSSR count). The second-order valence-corrected chi connectivity index (χ2v) is 4.45. The SMILES string of the molecule is O=C(O)c1ccc(NCCn2ccnn2)c(Br)c1. The van der Waals surface area contributed by atoms with Crippen molar-refractivity contribution in [3.63, 3.8) is 0 Å². The van der Waals surface area contributed by atoms with Gasteiger partial charge in [0, 0.05) is 22.9 Å². The average Bonchev–Trinajstić information content (AvgIpc) is 2.84. The largest absolute Gasteiger partial charge is 0.478 e. The fraction of sp³-hybridized carbons (Fsp3) is 0.182. The Balaban J connectivity index is 1.95. The number of anilines is 1. The van der Waals surface area contributed by atoms with Gasteiger partial charge < -0.3 is 10.4 Å². The van der Waals surface area contributed by atoms with Crippen molar-refractivity contribution < 1.29 is 9.90 Å². The number of carboxylic acids is 1. The summed E-state index contributed by atoms with van der Waals surface area (Å²) < 4.78 is 2.44. The van der Waals surface area contributed by atoms with Crippen LogP contribution >= 0.6 is 15.9 Å². The van der Waals surface area contributed by atoms with Crippen LogP contribution in [0.2, 0.25) is 0 Å². The minimum Gasteiger partial charge on any atom is -0.478 e. The first kappa shape index (κ1) is 12.6. The molecule has 0 saturated carbocycles. The standard InChI is InChI=1S/C11H11BrN4O2/c12-9-7-8(11(17)18)1-2-10(9)13-3-5-16-6-4-14-15-16/h1-2,4,6-7,13H,3,5H2,(H,17,18). The highest BCUT2D eigenvalue weighted by Crippen LogP contribution is 2.23. The van der Waals surface area contributed by atoms with Gasteiger partial charge in [-0.2, -0.15) is 0 Å². The van der Waals surface area contributed by atoms with Crippen LogP contribution in [-0.2, 0) is 6.54 Å². The number of hydrogen-bond acceptors (Lipinski definition) is 4. The maximum atomic E-state index is 10.8. The zero-order chi connectivity index (χ0) is 13.0. The van der Waals surface area contributed by atoms with E-state index in [4.69, 9.17) is 5.11 Å². The summed E-state index contributed by atoms with van der Waals surface area (Å²) in [5.74, 6) is -0.940. The van der Waals surface area contributed by atoms with Gasteiger partial charge in [-0.1, -0.05) is 5.21 Å². The Morgan fingerprint density at radius 1 is 1.50 bits per heavy atom. The molecule has 0 atom stereocenters. The molecule has 0 bridgehead atoms. The summed E-state index contributed by atoms with van der Waals surface area (Å²) in [6.45, 7) is 1.36. The number of benzene rings is 1. The minimum atomic E-state index is -0.940. The van der Waals surface area contributed by atoms with Crippen LogP contribution in [0.4, 0.5) is 5.69 Å². The lowest BCUT2D eigenvalue weighted by Gasteiger charge is -2.09. The van der Waals surface area contributed by atoms with Crippen molar-refractivity contribution in [1.82, 2.24) is 15.0 Å². The zero-order valence-corrected chi connectivity index (χ0v) is 11.0. The van der Waals surface area contributed by atoms with Gasteiger partial charge in [0.1, 0.15) is 0 Å². The fourth-order valence-corrected chi connectivity index (χ4v) is 1.97. The predicted octanol–water partition coefficient (Wildman–Crippen LogP) is 1.85. The molecule has 7 heteroatoms. The van der Waals surface area contributed by atoms with E-state index >= 15 is 0 Å². The van der Waals surface area contributed by atoms with E-state index in [0.29, 0.717) is 13.1 Å². The van der Waals surface area contributed by atoms with Crippen molar-refractivity contribution in [2.75, 3.05) is 11.9 Å². The average molecular weight is 311 g/mol. The van der Waals surface area contributed by atoms with E-state index in [0.717, 1.165) is 10.2 Å². The maximum absolute atomic E-state index is 10.8. The number of nitrogens with one attached hydrogen (secondary N) is 1. The van der Waals surface area contributed by atoms with Crippen molar-refractivity contribution in [1.29, 1.82) is 0 Å². The molecule has 0 saturated heterocycles. The molecule has 0 fully saturated rings. The fourth-order valence-electron chi connectivity index (χ4n) is 1.45. The molecule has 0 spiro atoms. The van der Waals surface area contributed by atoms with Gasteiger partial charge >= 0.3 is 5.97 Å². The van der Waals surface area contributed by atoms with Crippen LogP contribution in [0, 0.1) is 0 Å². The number of nitrogens with zero attached hydrogens (tertiary/aromatic N) is 3. The number of hydrogen-bond donors (Lipinski definition) is 2. The summed E-state index contributed by atoms with van der Waals surface area (Å²) in [5.41, 5.74) is 1.10. The summed E-state index contributed by atoms with van der Waals surface area (Å²) in [4.78, 5) is 10.8. The van der Waals surface area contributed by atoms with Crippen molar-refractivity contribution in [2.45, 2.75) is 6.54 Å². The van der Waals surface area contributed by atoms with Gasteiger partial charge in [0.05, 0.1) is 18.3 Å². The van der Waals surface area contributed by atoms with E-state index in [1.165, 1.54) is 0 Å². The molecule has 0 aliphatic rings. The number of carboxylic acid groups (broad SMARTS) is 1. The quantitative estimate of drug-likeness (QED) is 0.881. The normalized spacial score (nSPS) is 10.3. The molecule has 0 unspecified atom stereocenters. The van der Waals surface area contributed by atoms with Crippen LogP contribution < -0.4 is 5.32 Å². The third kappa shape index (κ3) is 3.07. The molecule has 0 radical (unpaired) electrons. The van der Waals surface area contributed by atoms with Crippen molar-refractivity contribution in [3.8, 4) is 0 Å². The molecule has 1 aromatic carbocycles. The van der Waals surface area contributed by atoms with Crippen molar-refractivity contribution in [3.05, 3.63) is 40.6 Å². The van der Waals surface area contributed by atoms with Gasteiger partial charge in [-0.15, -0.1) is 5.10 Å². The van der Waals surface area contributed by atoms with Crippen LogP contribution in [0.15, 0.2) is 35.1 Å². The van der Waals surface area contributed by atoms with E-state index in [9.17, 15) is 4.79 Å². The lowest BCUT2D eigenvalue weighted by atomic mass is 10.2. The van der Waals surface area contributed by atoms with Gasteiger partial charge in [-0.05, 0) is 34.1 Å². The highest BCUT2D eigenvalue weighted by molar-refractivity contribution is 9.10. The monoisotopic (exact) mass is 310 g/mol. The molecule has 94 valence electrons. The summed E-state index contributed by atoms with van der Waals surface area (Å²) >= 11 is 3.33. The van der Waals surface area contributed by atoms with Gasteiger partial charge in [0.15, 0.2) is 0 Å². The second-order valence-electron chi connectivity index (χ2n) is 3.59. The van der Waals surface area contributed by atoms with Gasteiger partial charge in [0.25, 0.3) is 0 Å². The third-order valence-electron chi connectivity index (χ3n) is 2.34. The van der Waals surface area contributed by atoms with E-state index in [1.54, 1.807) is 35.3 Å². The Morgan fingerprint density at radius 2 is 2.33 bits per heavy atom. The first-order valence-electron chi connectivity index (χ1n) is 5.27. The van der Waals surface area contributed by atoms with Gasteiger partial charge in [-0.25, -0.2) is 4.79 Å². The molecule has 18 heavy (non-hydrogen) atoms. The maximum Gasteiger partial charge on any atom is 0.335 e. The number of aromatic carboxylic acids is 1. The summed E-state index contributed by atoms with van der Waals surface area (Å²) in [5, 5.41) is 19.6. The summed E-state index contributed by atoms with van der Waals surface area (Å²) in [7, 11) is 0. The van der Waals surface area contributed by atoms with Crippen LogP contribution in [-0.4, -0.2) is 32.6 Å². The molecule has 0 aliphatic carbocycles. The Morgan fingerprint density at radius 3 is 2.94 bits per heavy atom. The molecule has 0 amide bonds. The Bertz CT molecular complexity index is 542. The van der Waals surface area contributed by atoms with Crippen LogP contribution in [0.25, 0.3) is 0 Å². The van der Waals surface area contributed by atoms with E-state index in [2.05, 4.69) is 31.6 Å². The van der Waals surface area contributed by atoms with Crippen molar-refractivity contribution >= 4 is 27.6 Å². The summed E-state index contributed by atoms with van der Waals surface area (Å²) in [6, 6.07) is 4.86. The molecule has 2 N–H and O–H groups in total. The molecule has 1 heterocycles. The smallest absolute Gasteiger partial charge is 0.335 e. The first-order chi connectivity index (χ1) is 8.66. The summed E-state index contributed by atoms with van der Waals surface area (Å²) in [6.07, 6.45) is 3.40. The van der Waals surface area contributed by atoms with E-state index < -0.39 is 5.97 Å². The number of aromatic nitrogens is 3. The van der Waals surface area contributed by atoms with E-state index in [1.807, 2.05) is 0 Å². The van der Waals surface area contributed by atoms with Crippen LogP contribution in [0.3, 0.4) is 0 Å². The molecule has 6 nitrogen and oxygen atoms in total. The Kier molecular flexibility index (Phi) is 3.93. The molecular weight excluding hydrogens is 300 g/mol. The third-order valence-corrected chi connectivity index (χ3v) is 3.00.